The zero-order chi connectivity index (χ0) is 26.3. The molecule has 0 unspecified atom stereocenters. The van der Waals surface area contributed by atoms with E-state index >= 15 is 0 Å². The molecule has 0 bridgehead atoms. The van der Waals surface area contributed by atoms with Crippen LogP contribution in [-0.4, -0.2) is 48.9 Å². The maximum atomic E-state index is 13.9. The van der Waals surface area contributed by atoms with Crippen LogP contribution in [0.25, 0.3) is 11.2 Å². The summed E-state index contributed by atoms with van der Waals surface area (Å²) in [6.07, 6.45) is 5.19. The second-order valence-corrected chi connectivity index (χ2v) is 10.8. The van der Waals surface area contributed by atoms with Crippen LogP contribution in [0, 0.1) is 5.82 Å². The minimum absolute atomic E-state index is 0.0142. The van der Waals surface area contributed by atoms with Gasteiger partial charge in [0.25, 0.3) is 5.56 Å². The van der Waals surface area contributed by atoms with Gasteiger partial charge in [0.2, 0.25) is 5.91 Å². The highest BCUT2D eigenvalue weighted by Gasteiger charge is 2.45. The van der Waals surface area contributed by atoms with Gasteiger partial charge in [0.05, 0.1) is 12.0 Å². The van der Waals surface area contributed by atoms with E-state index in [-0.39, 0.29) is 28.7 Å². The molecule has 1 aliphatic heterocycles. The molecule has 1 N–H and O–H groups in total. The summed E-state index contributed by atoms with van der Waals surface area (Å²) in [7, 11) is 0. The molecule has 6 rings (SSSR count). The molecular weight excluding hydrogens is 507 g/mol. The highest BCUT2D eigenvalue weighted by molar-refractivity contribution is 6.30. The van der Waals surface area contributed by atoms with Gasteiger partial charge >= 0.3 is 0 Å². The standard InChI is InChI=1S/C28H28ClFN6O2/c29-21-7-5-20(6-8-21)28(13-1-2-14-28)27(38)35-15-11-19(12-16-35)24-31-25-23(26(37)32-24)33-34-36(25)17-18-3-9-22(30)10-4-18/h3-10,19H,1-2,11-17H2,(H,31,32,37). The van der Waals surface area contributed by atoms with Crippen molar-refractivity contribution in [3.8, 4) is 0 Å². The van der Waals surface area contributed by atoms with E-state index in [1.54, 1.807) is 16.8 Å². The van der Waals surface area contributed by atoms with Gasteiger partial charge in [0, 0.05) is 24.0 Å². The second kappa shape index (κ2) is 9.94. The molecule has 2 aromatic heterocycles. The second-order valence-electron chi connectivity index (χ2n) is 10.4. The van der Waals surface area contributed by atoms with E-state index < -0.39 is 5.41 Å². The van der Waals surface area contributed by atoms with Crippen LogP contribution in [0.5, 0.6) is 0 Å². The summed E-state index contributed by atoms with van der Waals surface area (Å²) < 4.78 is 14.9. The number of amides is 1. The lowest BCUT2D eigenvalue weighted by Crippen LogP contribution is -2.48. The molecule has 1 saturated heterocycles. The number of aromatic amines is 1. The summed E-state index contributed by atoms with van der Waals surface area (Å²) in [4.78, 5) is 36.3. The molecule has 8 nitrogen and oxygen atoms in total. The fraction of sp³-hybridized carbons (Fsp3) is 0.393. The van der Waals surface area contributed by atoms with Crippen LogP contribution in [0.1, 0.15) is 61.4 Å². The highest BCUT2D eigenvalue weighted by Crippen LogP contribution is 2.43. The van der Waals surface area contributed by atoms with E-state index in [1.165, 1.54) is 12.1 Å². The maximum absolute atomic E-state index is 13.9. The van der Waals surface area contributed by atoms with E-state index in [1.807, 2.05) is 29.2 Å². The largest absolute Gasteiger partial charge is 0.342 e. The van der Waals surface area contributed by atoms with Crippen LogP contribution in [-0.2, 0) is 16.8 Å². The molecular formula is C28H28ClFN6O2. The number of likely N-dealkylation sites (tertiary alicyclic amines) is 1. The van der Waals surface area contributed by atoms with Gasteiger partial charge in [-0.3, -0.25) is 9.59 Å². The Morgan fingerprint density at radius 1 is 1.05 bits per heavy atom. The van der Waals surface area contributed by atoms with Gasteiger partial charge in [-0.25, -0.2) is 14.1 Å². The van der Waals surface area contributed by atoms with Gasteiger partial charge in [-0.1, -0.05) is 53.9 Å². The third-order valence-corrected chi connectivity index (χ3v) is 8.32. The lowest BCUT2D eigenvalue weighted by Gasteiger charge is -2.38. The van der Waals surface area contributed by atoms with Crippen LogP contribution >= 0.6 is 11.6 Å². The smallest absolute Gasteiger partial charge is 0.281 e. The number of fused-ring (bicyclic) bond motifs is 1. The van der Waals surface area contributed by atoms with Gasteiger partial charge in [0.15, 0.2) is 11.2 Å². The number of H-pyrrole nitrogens is 1. The third kappa shape index (κ3) is 4.49. The van der Waals surface area contributed by atoms with Crippen LogP contribution in [0.3, 0.4) is 0 Å². The lowest BCUT2D eigenvalue weighted by molar-refractivity contribution is -0.138. The number of piperidine rings is 1. The number of halogens is 2. The number of nitrogens with zero attached hydrogens (tertiary/aromatic N) is 5. The molecule has 196 valence electrons. The molecule has 3 heterocycles. The Morgan fingerprint density at radius 2 is 1.74 bits per heavy atom. The molecule has 0 spiro atoms. The van der Waals surface area contributed by atoms with Gasteiger partial charge in [-0.15, -0.1) is 5.10 Å². The fourth-order valence-corrected chi connectivity index (χ4v) is 6.10. The average Bonchev–Trinajstić information content (AvgIpc) is 3.59. The first kappa shape index (κ1) is 24.7. The normalized spacial score (nSPS) is 17.8. The van der Waals surface area contributed by atoms with Crippen molar-refractivity contribution >= 4 is 28.7 Å². The van der Waals surface area contributed by atoms with Crippen molar-refractivity contribution in [1.82, 2.24) is 29.9 Å². The number of benzene rings is 2. The minimum Gasteiger partial charge on any atom is -0.342 e. The van der Waals surface area contributed by atoms with Crippen molar-refractivity contribution in [2.45, 2.75) is 56.4 Å². The summed E-state index contributed by atoms with van der Waals surface area (Å²) >= 11 is 6.11. The van der Waals surface area contributed by atoms with E-state index in [0.29, 0.717) is 49.0 Å². The summed E-state index contributed by atoms with van der Waals surface area (Å²) in [5.41, 5.74) is 1.64. The Hall–Kier alpha value is -3.59. The van der Waals surface area contributed by atoms with Crippen LogP contribution in [0.15, 0.2) is 53.3 Å². The van der Waals surface area contributed by atoms with Crippen LogP contribution in [0.4, 0.5) is 4.39 Å². The zero-order valence-corrected chi connectivity index (χ0v) is 21.6. The van der Waals surface area contributed by atoms with Crippen molar-refractivity contribution in [2.24, 2.45) is 0 Å². The van der Waals surface area contributed by atoms with Crippen LogP contribution in [0.2, 0.25) is 5.02 Å². The Kier molecular flexibility index (Phi) is 6.47. The van der Waals surface area contributed by atoms with Crippen molar-refractivity contribution in [1.29, 1.82) is 0 Å². The molecule has 1 amide bonds. The Labute approximate surface area is 223 Å². The molecule has 10 heteroatoms. The van der Waals surface area contributed by atoms with Gasteiger partial charge in [0.1, 0.15) is 11.6 Å². The van der Waals surface area contributed by atoms with Gasteiger partial charge in [-0.2, -0.15) is 0 Å². The highest BCUT2D eigenvalue weighted by atomic mass is 35.5. The van der Waals surface area contributed by atoms with E-state index in [0.717, 1.165) is 36.8 Å². The Balaban J connectivity index is 1.20. The predicted octanol–water partition coefficient (Wildman–Crippen LogP) is 4.57. The summed E-state index contributed by atoms with van der Waals surface area (Å²) in [5.74, 6) is 0.478. The third-order valence-electron chi connectivity index (χ3n) is 8.07. The van der Waals surface area contributed by atoms with E-state index in [4.69, 9.17) is 16.6 Å². The summed E-state index contributed by atoms with van der Waals surface area (Å²) in [6, 6.07) is 13.8. The number of nitrogens with one attached hydrogen (secondary N) is 1. The van der Waals surface area contributed by atoms with Crippen molar-refractivity contribution < 1.29 is 9.18 Å². The summed E-state index contributed by atoms with van der Waals surface area (Å²) in [6.45, 7) is 1.54. The first-order chi connectivity index (χ1) is 18.4. The monoisotopic (exact) mass is 534 g/mol. The quantitative estimate of drug-likeness (QED) is 0.404. The fourth-order valence-electron chi connectivity index (χ4n) is 5.98. The Bertz CT molecular complexity index is 1520. The average molecular weight is 535 g/mol. The SMILES string of the molecule is O=C(N1CCC(c2nc3c(nnn3Cc3ccc(F)cc3)c(=O)[nH]2)CC1)C1(c2ccc(Cl)cc2)CCCC1. The van der Waals surface area contributed by atoms with Crippen molar-refractivity contribution in [2.75, 3.05) is 13.1 Å². The number of hydrogen-bond acceptors (Lipinski definition) is 5. The van der Waals surface area contributed by atoms with Crippen molar-refractivity contribution in [3.63, 3.8) is 0 Å². The number of rotatable bonds is 5. The molecule has 0 radical (unpaired) electrons. The van der Waals surface area contributed by atoms with E-state index in [2.05, 4.69) is 15.3 Å². The van der Waals surface area contributed by atoms with Gasteiger partial charge in [-0.05, 0) is 61.1 Å². The summed E-state index contributed by atoms with van der Waals surface area (Å²) in [5, 5.41) is 8.79. The molecule has 2 aromatic carbocycles. The molecule has 2 fully saturated rings. The topological polar surface area (TPSA) is 96.8 Å². The number of hydrogen-bond donors (Lipinski definition) is 1. The molecule has 1 saturated carbocycles. The maximum Gasteiger partial charge on any atom is 0.281 e. The van der Waals surface area contributed by atoms with E-state index in [9.17, 15) is 14.0 Å². The zero-order valence-electron chi connectivity index (χ0n) is 20.9. The molecule has 1 aliphatic carbocycles. The molecule has 0 atom stereocenters. The lowest BCUT2D eigenvalue weighted by atomic mass is 9.77. The minimum atomic E-state index is -0.485. The molecule has 4 aromatic rings. The van der Waals surface area contributed by atoms with Crippen LogP contribution < -0.4 is 5.56 Å². The number of aromatic nitrogens is 5. The molecule has 2 aliphatic rings. The Morgan fingerprint density at radius 3 is 2.42 bits per heavy atom. The number of carbonyl (C=O) groups is 1. The van der Waals surface area contributed by atoms with Gasteiger partial charge < -0.3 is 9.88 Å². The first-order valence-corrected chi connectivity index (χ1v) is 13.4. The number of carbonyl (C=O) groups excluding carboxylic acids is 1. The first-order valence-electron chi connectivity index (χ1n) is 13.1. The predicted molar refractivity (Wildman–Crippen MR) is 142 cm³/mol. The van der Waals surface area contributed by atoms with Crippen molar-refractivity contribution in [3.05, 3.63) is 86.7 Å². The molecule has 38 heavy (non-hydrogen) atoms.